The Morgan fingerprint density at radius 3 is 2.35 bits per heavy atom. The van der Waals surface area contributed by atoms with E-state index in [0.29, 0.717) is 6.54 Å². The van der Waals surface area contributed by atoms with Crippen LogP contribution in [-0.4, -0.2) is 85.5 Å². The van der Waals surface area contributed by atoms with E-state index in [0.717, 1.165) is 63.6 Å². The van der Waals surface area contributed by atoms with Gasteiger partial charge >= 0.3 is 0 Å². The SMILES string of the molecule is CN=C(NCC(C)(C)c1cccc(F)c1)N1CCN(C(C)C(=O)N2CCCC2)CC1.I. The molecule has 2 saturated heterocycles. The zero-order valence-corrected chi connectivity index (χ0v) is 21.6. The fraction of sp³-hybridized carbons (Fsp3) is 0.652. The van der Waals surface area contributed by atoms with Crippen molar-refractivity contribution in [1.82, 2.24) is 20.0 Å². The number of piperazine rings is 1. The van der Waals surface area contributed by atoms with Gasteiger partial charge in [-0.15, -0.1) is 24.0 Å². The number of aliphatic imine (C=N–C) groups is 1. The summed E-state index contributed by atoms with van der Waals surface area (Å²) in [5.74, 6) is 0.914. The molecule has 0 radical (unpaired) electrons. The van der Waals surface area contributed by atoms with Crippen molar-refractivity contribution in [2.75, 3.05) is 52.9 Å². The summed E-state index contributed by atoms with van der Waals surface area (Å²) in [6.07, 6.45) is 2.25. The average molecular weight is 545 g/mol. The van der Waals surface area contributed by atoms with Crippen LogP contribution in [0.1, 0.15) is 39.2 Å². The molecule has 0 spiro atoms. The van der Waals surface area contributed by atoms with E-state index in [1.807, 2.05) is 17.9 Å². The molecule has 2 aliphatic heterocycles. The number of amides is 1. The number of nitrogens with zero attached hydrogens (tertiary/aromatic N) is 4. The molecule has 31 heavy (non-hydrogen) atoms. The summed E-state index contributed by atoms with van der Waals surface area (Å²) in [6, 6.07) is 6.73. The van der Waals surface area contributed by atoms with Crippen LogP contribution >= 0.6 is 24.0 Å². The van der Waals surface area contributed by atoms with Gasteiger partial charge in [-0.3, -0.25) is 14.7 Å². The lowest BCUT2D eigenvalue weighted by atomic mass is 9.84. The standard InChI is InChI=1S/C23H36FN5O.HI/c1-18(21(30)28-10-5-6-11-28)27-12-14-29(15-13-27)22(25-4)26-17-23(2,3)19-8-7-9-20(24)16-19;/h7-9,16,18H,5-6,10-15,17H2,1-4H3,(H,25,26);1H. The van der Waals surface area contributed by atoms with E-state index in [-0.39, 0.29) is 47.2 Å². The number of benzene rings is 1. The predicted molar refractivity (Wildman–Crippen MR) is 135 cm³/mol. The Balaban J connectivity index is 0.00000341. The van der Waals surface area contributed by atoms with Crippen LogP contribution in [0.3, 0.4) is 0 Å². The van der Waals surface area contributed by atoms with E-state index in [1.165, 1.54) is 6.07 Å². The van der Waals surface area contributed by atoms with Crippen LogP contribution in [-0.2, 0) is 10.2 Å². The van der Waals surface area contributed by atoms with E-state index in [4.69, 9.17) is 0 Å². The molecule has 6 nitrogen and oxygen atoms in total. The molecule has 3 rings (SSSR count). The van der Waals surface area contributed by atoms with E-state index in [1.54, 1.807) is 19.2 Å². The fourth-order valence-electron chi connectivity index (χ4n) is 4.32. The topological polar surface area (TPSA) is 51.2 Å². The first-order valence-electron chi connectivity index (χ1n) is 11.1. The van der Waals surface area contributed by atoms with E-state index in [2.05, 4.69) is 34.0 Å². The van der Waals surface area contributed by atoms with Crippen LogP contribution in [0.5, 0.6) is 0 Å². The lowest BCUT2D eigenvalue weighted by Crippen LogP contribution is -2.57. The molecular weight excluding hydrogens is 508 g/mol. The molecule has 0 aromatic heterocycles. The minimum Gasteiger partial charge on any atom is -0.355 e. The molecular formula is C23H37FIN5O. The highest BCUT2D eigenvalue weighted by molar-refractivity contribution is 14.0. The number of rotatable bonds is 5. The molecule has 1 atom stereocenters. The Hall–Kier alpha value is -1.42. The van der Waals surface area contributed by atoms with Gasteiger partial charge in [-0.1, -0.05) is 26.0 Å². The summed E-state index contributed by atoms with van der Waals surface area (Å²) in [5.41, 5.74) is 0.737. The molecule has 0 bridgehead atoms. The van der Waals surface area contributed by atoms with Gasteiger partial charge in [-0.05, 0) is 37.5 Å². The van der Waals surface area contributed by atoms with Gasteiger partial charge in [-0.2, -0.15) is 0 Å². The molecule has 0 aliphatic carbocycles. The van der Waals surface area contributed by atoms with Gasteiger partial charge in [0.25, 0.3) is 0 Å². The number of halogens is 2. The van der Waals surface area contributed by atoms with Gasteiger partial charge in [0.2, 0.25) is 5.91 Å². The summed E-state index contributed by atoms with van der Waals surface area (Å²) in [7, 11) is 1.80. The fourth-order valence-corrected chi connectivity index (χ4v) is 4.32. The summed E-state index contributed by atoms with van der Waals surface area (Å²) in [4.78, 5) is 23.7. The van der Waals surface area contributed by atoms with E-state index >= 15 is 0 Å². The smallest absolute Gasteiger partial charge is 0.239 e. The van der Waals surface area contributed by atoms with Crippen LogP contribution < -0.4 is 5.32 Å². The number of likely N-dealkylation sites (tertiary alicyclic amines) is 1. The van der Waals surface area contributed by atoms with Crippen molar-refractivity contribution in [1.29, 1.82) is 0 Å². The van der Waals surface area contributed by atoms with Crippen molar-refractivity contribution in [3.05, 3.63) is 35.6 Å². The third-order valence-corrected chi connectivity index (χ3v) is 6.44. The summed E-state index contributed by atoms with van der Waals surface area (Å²) in [6.45, 7) is 12.1. The molecule has 1 aromatic carbocycles. The minimum atomic E-state index is -0.226. The molecule has 1 N–H and O–H groups in total. The Morgan fingerprint density at radius 1 is 1.13 bits per heavy atom. The lowest BCUT2D eigenvalue weighted by Gasteiger charge is -2.40. The maximum Gasteiger partial charge on any atom is 0.239 e. The Bertz CT molecular complexity index is 758. The zero-order chi connectivity index (χ0) is 21.7. The Kier molecular flexibility index (Phi) is 9.54. The van der Waals surface area contributed by atoms with Gasteiger partial charge in [-0.25, -0.2) is 4.39 Å². The number of guanidine groups is 1. The largest absolute Gasteiger partial charge is 0.355 e. The second-order valence-corrected chi connectivity index (χ2v) is 9.03. The van der Waals surface area contributed by atoms with Crippen LogP contribution in [0.25, 0.3) is 0 Å². The number of carbonyl (C=O) groups excluding carboxylic acids is 1. The number of carbonyl (C=O) groups is 1. The molecule has 1 amide bonds. The van der Waals surface area contributed by atoms with Crippen LogP contribution in [0.2, 0.25) is 0 Å². The second kappa shape index (κ2) is 11.4. The van der Waals surface area contributed by atoms with Gasteiger partial charge < -0.3 is 15.1 Å². The molecule has 2 fully saturated rings. The Labute approximate surface area is 203 Å². The summed E-state index contributed by atoms with van der Waals surface area (Å²) >= 11 is 0. The predicted octanol–water partition coefficient (Wildman–Crippen LogP) is 2.93. The quantitative estimate of drug-likeness (QED) is 0.352. The summed E-state index contributed by atoms with van der Waals surface area (Å²) < 4.78 is 13.6. The van der Waals surface area contributed by atoms with Crippen molar-refractivity contribution in [2.24, 2.45) is 4.99 Å². The van der Waals surface area contributed by atoms with Crippen LogP contribution in [0.15, 0.2) is 29.3 Å². The monoisotopic (exact) mass is 545 g/mol. The third kappa shape index (κ3) is 6.54. The Morgan fingerprint density at radius 2 is 1.77 bits per heavy atom. The van der Waals surface area contributed by atoms with Crippen molar-refractivity contribution >= 4 is 35.8 Å². The summed E-state index contributed by atoms with van der Waals surface area (Å²) in [5, 5.41) is 3.47. The highest BCUT2D eigenvalue weighted by Crippen LogP contribution is 2.23. The van der Waals surface area contributed by atoms with Gasteiger partial charge in [0.15, 0.2) is 5.96 Å². The first kappa shape index (κ1) is 25.8. The first-order valence-corrected chi connectivity index (χ1v) is 11.1. The first-order chi connectivity index (χ1) is 14.3. The van der Waals surface area contributed by atoms with E-state index < -0.39 is 0 Å². The number of hydrogen-bond donors (Lipinski definition) is 1. The molecule has 2 aliphatic rings. The second-order valence-electron chi connectivity index (χ2n) is 9.03. The van der Waals surface area contributed by atoms with Crippen molar-refractivity contribution < 1.29 is 9.18 Å². The van der Waals surface area contributed by atoms with Gasteiger partial charge in [0.05, 0.1) is 6.04 Å². The molecule has 2 heterocycles. The van der Waals surface area contributed by atoms with Crippen molar-refractivity contribution in [3.8, 4) is 0 Å². The molecule has 1 unspecified atom stereocenters. The van der Waals surface area contributed by atoms with Gasteiger partial charge in [0.1, 0.15) is 5.82 Å². The normalized spacial score (nSPS) is 19.2. The maximum absolute atomic E-state index is 13.6. The molecule has 1 aromatic rings. The highest BCUT2D eigenvalue weighted by Gasteiger charge is 2.31. The highest BCUT2D eigenvalue weighted by atomic mass is 127. The van der Waals surface area contributed by atoms with Crippen molar-refractivity contribution in [2.45, 2.75) is 45.1 Å². The molecule has 8 heteroatoms. The maximum atomic E-state index is 13.6. The minimum absolute atomic E-state index is 0. The number of hydrogen-bond acceptors (Lipinski definition) is 3. The third-order valence-electron chi connectivity index (χ3n) is 6.44. The average Bonchev–Trinajstić information content (AvgIpc) is 3.28. The zero-order valence-electron chi connectivity index (χ0n) is 19.2. The van der Waals surface area contributed by atoms with Crippen LogP contribution in [0, 0.1) is 5.82 Å². The van der Waals surface area contributed by atoms with Crippen LogP contribution in [0.4, 0.5) is 4.39 Å². The van der Waals surface area contributed by atoms with Gasteiger partial charge in [0, 0.05) is 58.3 Å². The lowest BCUT2D eigenvalue weighted by molar-refractivity contribution is -0.135. The van der Waals surface area contributed by atoms with Crippen molar-refractivity contribution in [3.63, 3.8) is 0 Å². The van der Waals surface area contributed by atoms with E-state index in [9.17, 15) is 9.18 Å². The molecule has 0 saturated carbocycles. The molecule has 174 valence electrons. The number of nitrogens with one attached hydrogen (secondary N) is 1.